The Balaban J connectivity index is 1.80. The number of fused-ring (bicyclic) bond motifs is 1. The number of amides is 1. The molecule has 4 rings (SSSR count). The van der Waals surface area contributed by atoms with Crippen molar-refractivity contribution in [3.63, 3.8) is 0 Å². The molecule has 140 valence electrons. The fourth-order valence-corrected chi connectivity index (χ4v) is 4.08. The third-order valence-electron chi connectivity index (χ3n) is 5.70. The third-order valence-corrected chi connectivity index (χ3v) is 5.70. The Kier molecular flexibility index (Phi) is 4.46. The third kappa shape index (κ3) is 3.11. The van der Waals surface area contributed by atoms with Gasteiger partial charge in [0.15, 0.2) is 0 Å². The van der Waals surface area contributed by atoms with Crippen LogP contribution in [0.25, 0.3) is 10.9 Å². The van der Waals surface area contributed by atoms with Crippen molar-refractivity contribution in [2.75, 3.05) is 6.54 Å². The zero-order chi connectivity index (χ0) is 19.1. The summed E-state index contributed by atoms with van der Waals surface area (Å²) in [5, 5.41) is 5.52. The summed E-state index contributed by atoms with van der Waals surface area (Å²) >= 11 is 0. The van der Waals surface area contributed by atoms with Crippen molar-refractivity contribution >= 4 is 16.8 Å². The van der Waals surface area contributed by atoms with Crippen LogP contribution in [0.5, 0.6) is 0 Å². The van der Waals surface area contributed by atoms with Gasteiger partial charge in [0.05, 0.1) is 22.8 Å². The maximum absolute atomic E-state index is 13.6. The molecule has 27 heavy (non-hydrogen) atoms. The van der Waals surface area contributed by atoms with Gasteiger partial charge in [0.25, 0.3) is 5.91 Å². The summed E-state index contributed by atoms with van der Waals surface area (Å²) in [4.78, 5) is 20.3. The quantitative estimate of drug-likeness (QED) is 0.684. The summed E-state index contributed by atoms with van der Waals surface area (Å²) < 4.78 is 1.81. The SMILES string of the molecule is Cc1cc(C(=O)N2CCCC[C@H]2c2ccn(C)n2)c2ccc(C)c(C)c2n1. The van der Waals surface area contributed by atoms with Crippen LogP contribution in [0.2, 0.25) is 0 Å². The van der Waals surface area contributed by atoms with Crippen LogP contribution in [0.3, 0.4) is 0 Å². The lowest BCUT2D eigenvalue weighted by atomic mass is 9.96. The standard InChI is InChI=1S/C22H26N4O/c1-14-8-9-17-18(13-15(2)23-21(17)16(14)3)22(27)26-11-6-5-7-20(26)19-10-12-25(4)24-19/h8-10,12-13,20H,5-7,11H2,1-4H3/t20-/m0/s1. The van der Waals surface area contributed by atoms with Gasteiger partial charge in [-0.2, -0.15) is 5.10 Å². The summed E-state index contributed by atoms with van der Waals surface area (Å²) in [7, 11) is 1.92. The van der Waals surface area contributed by atoms with Crippen molar-refractivity contribution < 1.29 is 4.79 Å². The number of hydrogen-bond acceptors (Lipinski definition) is 3. The Labute approximate surface area is 160 Å². The van der Waals surface area contributed by atoms with Crippen LogP contribution in [0.15, 0.2) is 30.5 Å². The minimum Gasteiger partial charge on any atom is -0.330 e. The van der Waals surface area contributed by atoms with E-state index in [1.165, 1.54) is 5.56 Å². The molecule has 3 heterocycles. The highest BCUT2D eigenvalue weighted by Gasteiger charge is 2.31. The van der Waals surface area contributed by atoms with E-state index in [2.05, 4.69) is 25.0 Å². The molecule has 1 aromatic carbocycles. The molecule has 1 atom stereocenters. The van der Waals surface area contributed by atoms with Gasteiger partial charge in [-0.25, -0.2) is 0 Å². The number of benzene rings is 1. The lowest BCUT2D eigenvalue weighted by molar-refractivity contribution is 0.0607. The summed E-state index contributed by atoms with van der Waals surface area (Å²) in [6.07, 6.45) is 5.07. The highest BCUT2D eigenvalue weighted by atomic mass is 16.2. The molecule has 1 aliphatic heterocycles. The molecule has 1 amide bonds. The molecule has 2 aromatic heterocycles. The Morgan fingerprint density at radius 3 is 2.70 bits per heavy atom. The molecule has 1 fully saturated rings. The van der Waals surface area contributed by atoms with E-state index in [4.69, 9.17) is 4.98 Å². The van der Waals surface area contributed by atoms with Gasteiger partial charge in [-0.3, -0.25) is 14.5 Å². The topological polar surface area (TPSA) is 51.0 Å². The first-order chi connectivity index (χ1) is 13.0. The van der Waals surface area contributed by atoms with Gasteiger partial charge in [0.2, 0.25) is 0 Å². The molecule has 1 saturated heterocycles. The van der Waals surface area contributed by atoms with E-state index in [1.807, 2.05) is 47.9 Å². The molecule has 0 saturated carbocycles. The average molecular weight is 362 g/mol. The van der Waals surface area contributed by atoms with Crippen molar-refractivity contribution in [2.45, 2.75) is 46.1 Å². The molecule has 0 aliphatic carbocycles. The molecule has 5 nitrogen and oxygen atoms in total. The number of aryl methyl sites for hydroxylation is 4. The van der Waals surface area contributed by atoms with E-state index < -0.39 is 0 Å². The first kappa shape index (κ1) is 17.7. The molecule has 0 radical (unpaired) electrons. The highest BCUT2D eigenvalue weighted by molar-refractivity contribution is 6.07. The van der Waals surface area contributed by atoms with E-state index in [1.54, 1.807) is 0 Å². The van der Waals surface area contributed by atoms with E-state index in [9.17, 15) is 4.79 Å². The van der Waals surface area contributed by atoms with Crippen molar-refractivity contribution in [1.82, 2.24) is 19.7 Å². The number of nitrogens with zero attached hydrogens (tertiary/aromatic N) is 4. The maximum atomic E-state index is 13.6. The molecule has 5 heteroatoms. The lowest BCUT2D eigenvalue weighted by Gasteiger charge is -2.35. The number of rotatable bonds is 2. The monoisotopic (exact) mass is 362 g/mol. The first-order valence-corrected chi connectivity index (χ1v) is 9.64. The van der Waals surface area contributed by atoms with E-state index >= 15 is 0 Å². The minimum atomic E-state index is 0.0440. The van der Waals surface area contributed by atoms with Gasteiger partial charge >= 0.3 is 0 Å². The molecule has 1 aliphatic rings. The summed E-state index contributed by atoms with van der Waals surface area (Å²) in [6.45, 7) is 6.90. The molecule has 0 N–H and O–H groups in total. The number of carbonyl (C=O) groups is 1. The van der Waals surface area contributed by atoms with Crippen molar-refractivity contribution in [2.24, 2.45) is 7.05 Å². The number of aromatic nitrogens is 3. The van der Waals surface area contributed by atoms with Gasteiger partial charge in [-0.05, 0) is 63.3 Å². The van der Waals surface area contributed by atoms with Crippen LogP contribution in [-0.2, 0) is 7.05 Å². The predicted molar refractivity (Wildman–Crippen MR) is 107 cm³/mol. The van der Waals surface area contributed by atoms with E-state index in [0.717, 1.165) is 59.2 Å². The molecular formula is C22H26N4O. The second kappa shape index (κ2) is 6.80. The zero-order valence-corrected chi connectivity index (χ0v) is 16.5. The van der Waals surface area contributed by atoms with Gasteiger partial charge in [-0.1, -0.05) is 12.1 Å². The van der Waals surface area contributed by atoms with Gasteiger partial charge in [0, 0.05) is 30.9 Å². The second-order valence-corrected chi connectivity index (χ2v) is 7.64. The van der Waals surface area contributed by atoms with Crippen molar-refractivity contribution in [3.05, 3.63) is 58.5 Å². The second-order valence-electron chi connectivity index (χ2n) is 7.64. The summed E-state index contributed by atoms with van der Waals surface area (Å²) in [6, 6.07) is 8.13. The number of likely N-dealkylation sites (tertiary alicyclic amines) is 1. The molecule has 3 aromatic rings. The smallest absolute Gasteiger partial charge is 0.255 e. The van der Waals surface area contributed by atoms with E-state index in [0.29, 0.717) is 0 Å². The molecule has 0 unspecified atom stereocenters. The first-order valence-electron chi connectivity index (χ1n) is 9.64. The largest absolute Gasteiger partial charge is 0.330 e. The van der Waals surface area contributed by atoms with Crippen molar-refractivity contribution in [1.29, 1.82) is 0 Å². The Hall–Kier alpha value is -2.69. The van der Waals surface area contributed by atoms with E-state index in [-0.39, 0.29) is 11.9 Å². The fourth-order valence-electron chi connectivity index (χ4n) is 4.08. The summed E-state index contributed by atoms with van der Waals surface area (Å²) in [5.74, 6) is 0.0871. The molecular weight excluding hydrogens is 336 g/mol. The van der Waals surface area contributed by atoms with Gasteiger partial charge in [0.1, 0.15) is 0 Å². The minimum absolute atomic E-state index is 0.0440. The Morgan fingerprint density at radius 1 is 1.15 bits per heavy atom. The molecule has 0 bridgehead atoms. The fraction of sp³-hybridized carbons (Fsp3) is 0.409. The van der Waals surface area contributed by atoms with Crippen LogP contribution >= 0.6 is 0 Å². The predicted octanol–water partition coefficient (Wildman–Crippen LogP) is 4.26. The van der Waals surface area contributed by atoms with Crippen LogP contribution in [0.1, 0.15) is 58.2 Å². The maximum Gasteiger partial charge on any atom is 0.255 e. The van der Waals surface area contributed by atoms with Crippen molar-refractivity contribution in [3.8, 4) is 0 Å². The van der Waals surface area contributed by atoms with Gasteiger partial charge in [-0.15, -0.1) is 0 Å². The normalized spacial score (nSPS) is 17.5. The van der Waals surface area contributed by atoms with Crippen LogP contribution in [0.4, 0.5) is 0 Å². The molecule has 0 spiro atoms. The highest BCUT2D eigenvalue weighted by Crippen LogP contribution is 2.33. The number of piperidine rings is 1. The van der Waals surface area contributed by atoms with Crippen LogP contribution in [-0.4, -0.2) is 32.1 Å². The van der Waals surface area contributed by atoms with Gasteiger partial charge < -0.3 is 4.90 Å². The number of hydrogen-bond donors (Lipinski definition) is 0. The van der Waals surface area contributed by atoms with Crippen LogP contribution in [0, 0.1) is 20.8 Å². The average Bonchev–Trinajstić information content (AvgIpc) is 3.10. The Bertz CT molecular complexity index is 1020. The Morgan fingerprint density at radius 2 is 1.96 bits per heavy atom. The van der Waals surface area contributed by atoms with Crippen LogP contribution < -0.4 is 0 Å². The lowest BCUT2D eigenvalue weighted by Crippen LogP contribution is -2.39. The zero-order valence-electron chi connectivity index (χ0n) is 16.5. The number of carbonyl (C=O) groups excluding carboxylic acids is 1. The summed E-state index contributed by atoms with van der Waals surface area (Å²) in [5.41, 5.74) is 5.89. The number of pyridine rings is 1.